The van der Waals surface area contributed by atoms with Crippen molar-refractivity contribution >= 4 is 11.7 Å². The summed E-state index contributed by atoms with van der Waals surface area (Å²) in [5.41, 5.74) is 2.74. The minimum absolute atomic E-state index is 0.209. The van der Waals surface area contributed by atoms with E-state index >= 15 is 0 Å². The highest BCUT2D eigenvalue weighted by Gasteiger charge is 2.16. The van der Waals surface area contributed by atoms with Gasteiger partial charge in [-0.25, -0.2) is 4.79 Å². The SMILES string of the molecule is COc1ccc(-c2ccccc2NC(=O)NCCCN2CCCC(O)C2)cc1. The van der Waals surface area contributed by atoms with Gasteiger partial charge < -0.3 is 25.4 Å². The van der Waals surface area contributed by atoms with Gasteiger partial charge in [-0.05, 0) is 56.1 Å². The van der Waals surface area contributed by atoms with Crippen molar-refractivity contribution < 1.29 is 14.6 Å². The number of rotatable bonds is 7. The number of amides is 2. The zero-order valence-electron chi connectivity index (χ0n) is 16.4. The van der Waals surface area contributed by atoms with Crippen molar-refractivity contribution in [2.24, 2.45) is 0 Å². The smallest absolute Gasteiger partial charge is 0.319 e. The third kappa shape index (κ3) is 5.71. The number of hydrogen-bond acceptors (Lipinski definition) is 4. The molecule has 2 amide bonds. The number of ether oxygens (including phenoxy) is 1. The first kappa shape index (κ1) is 20.2. The number of hydrogen-bond donors (Lipinski definition) is 3. The Morgan fingerprint density at radius 1 is 1.21 bits per heavy atom. The lowest BCUT2D eigenvalue weighted by Gasteiger charge is -2.29. The number of aliphatic hydroxyl groups is 1. The predicted octanol–water partition coefficient (Wildman–Crippen LogP) is 3.33. The molecule has 0 aromatic heterocycles. The van der Waals surface area contributed by atoms with Gasteiger partial charge >= 0.3 is 6.03 Å². The van der Waals surface area contributed by atoms with Gasteiger partial charge in [-0.1, -0.05) is 30.3 Å². The number of anilines is 1. The minimum atomic E-state index is -0.209. The highest BCUT2D eigenvalue weighted by atomic mass is 16.5. The Morgan fingerprint density at radius 3 is 2.75 bits per heavy atom. The fraction of sp³-hybridized carbons (Fsp3) is 0.409. The zero-order valence-corrected chi connectivity index (χ0v) is 16.4. The number of methoxy groups -OCH3 is 1. The first-order chi connectivity index (χ1) is 13.7. The molecule has 1 fully saturated rings. The first-order valence-corrected chi connectivity index (χ1v) is 9.84. The van der Waals surface area contributed by atoms with Crippen molar-refractivity contribution in [3.8, 4) is 16.9 Å². The Hall–Kier alpha value is -2.57. The van der Waals surface area contributed by atoms with Crippen LogP contribution in [0.5, 0.6) is 5.75 Å². The van der Waals surface area contributed by atoms with E-state index < -0.39 is 0 Å². The number of carbonyl (C=O) groups is 1. The lowest BCUT2D eigenvalue weighted by Crippen LogP contribution is -2.40. The second-order valence-corrected chi connectivity index (χ2v) is 7.11. The average molecular weight is 383 g/mol. The molecule has 2 aromatic rings. The predicted molar refractivity (Wildman–Crippen MR) is 112 cm³/mol. The second-order valence-electron chi connectivity index (χ2n) is 7.11. The van der Waals surface area contributed by atoms with Gasteiger partial charge in [0.1, 0.15) is 5.75 Å². The lowest BCUT2D eigenvalue weighted by atomic mass is 10.0. The summed E-state index contributed by atoms with van der Waals surface area (Å²) in [7, 11) is 1.64. The minimum Gasteiger partial charge on any atom is -0.497 e. The van der Waals surface area contributed by atoms with Crippen molar-refractivity contribution in [3.05, 3.63) is 48.5 Å². The number of piperidine rings is 1. The van der Waals surface area contributed by atoms with E-state index in [4.69, 9.17) is 4.74 Å². The van der Waals surface area contributed by atoms with Crippen molar-refractivity contribution in [3.63, 3.8) is 0 Å². The summed E-state index contributed by atoms with van der Waals surface area (Å²) in [6.45, 7) is 3.25. The van der Waals surface area contributed by atoms with Crippen LogP contribution in [0.3, 0.4) is 0 Å². The molecule has 1 saturated heterocycles. The summed E-state index contributed by atoms with van der Waals surface area (Å²) in [4.78, 5) is 14.6. The topological polar surface area (TPSA) is 73.8 Å². The number of nitrogens with one attached hydrogen (secondary N) is 2. The van der Waals surface area contributed by atoms with E-state index in [1.807, 2.05) is 48.5 Å². The normalized spacial score (nSPS) is 17.1. The lowest BCUT2D eigenvalue weighted by molar-refractivity contribution is 0.0703. The highest BCUT2D eigenvalue weighted by molar-refractivity contribution is 5.94. The molecule has 1 atom stereocenters. The van der Waals surface area contributed by atoms with Crippen molar-refractivity contribution in [2.45, 2.75) is 25.4 Å². The van der Waals surface area contributed by atoms with Crippen molar-refractivity contribution in [2.75, 3.05) is 38.6 Å². The van der Waals surface area contributed by atoms with Crippen LogP contribution in [0.4, 0.5) is 10.5 Å². The van der Waals surface area contributed by atoms with E-state index in [2.05, 4.69) is 15.5 Å². The van der Waals surface area contributed by atoms with Crippen molar-refractivity contribution in [1.29, 1.82) is 0 Å². The van der Waals surface area contributed by atoms with Gasteiger partial charge in [0.2, 0.25) is 0 Å². The van der Waals surface area contributed by atoms with Gasteiger partial charge in [-0.3, -0.25) is 0 Å². The van der Waals surface area contributed by atoms with Gasteiger partial charge in [-0.15, -0.1) is 0 Å². The number of carbonyl (C=O) groups excluding carboxylic acids is 1. The van der Waals surface area contributed by atoms with E-state index in [9.17, 15) is 9.90 Å². The Labute approximate surface area is 166 Å². The number of urea groups is 1. The molecule has 28 heavy (non-hydrogen) atoms. The molecule has 150 valence electrons. The molecule has 0 bridgehead atoms. The highest BCUT2D eigenvalue weighted by Crippen LogP contribution is 2.29. The summed E-state index contributed by atoms with van der Waals surface area (Å²) >= 11 is 0. The molecule has 3 N–H and O–H groups in total. The van der Waals surface area contributed by atoms with Crippen LogP contribution in [-0.4, -0.2) is 55.4 Å². The summed E-state index contributed by atoms with van der Waals surface area (Å²) in [6.07, 6.45) is 2.59. The van der Waals surface area contributed by atoms with Crippen LogP contribution in [0.15, 0.2) is 48.5 Å². The quantitative estimate of drug-likeness (QED) is 0.641. The number of benzene rings is 2. The number of aliphatic hydroxyl groups excluding tert-OH is 1. The molecule has 1 unspecified atom stereocenters. The summed E-state index contributed by atoms with van der Waals surface area (Å²) in [6, 6.07) is 15.3. The fourth-order valence-corrected chi connectivity index (χ4v) is 3.52. The molecular formula is C22H29N3O3. The van der Waals surface area contributed by atoms with E-state index in [1.54, 1.807) is 7.11 Å². The maximum Gasteiger partial charge on any atom is 0.319 e. The van der Waals surface area contributed by atoms with E-state index in [-0.39, 0.29) is 12.1 Å². The van der Waals surface area contributed by atoms with E-state index in [0.717, 1.165) is 61.5 Å². The standard InChI is InChI=1S/C22H29N3O3/c1-28-19-11-9-17(10-12-19)20-7-2-3-8-21(20)24-22(27)23-13-5-15-25-14-4-6-18(26)16-25/h2-3,7-12,18,26H,4-6,13-16H2,1H3,(H2,23,24,27). The number of β-amino-alcohol motifs (C(OH)–C–C–N with tert-alkyl or cyclic N) is 1. The Balaban J connectivity index is 1.50. The number of likely N-dealkylation sites (tertiary alicyclic amines) is 1. The molecule has 2 aromatic carbocycles. The van der Waals surface area contributed by atoms with Gasteiger partial charge in [0, 0.05) is 18.7 Å². The van der Waals surface area contributed by atoms with Gasteiger partial charge in [0.15, 0.2) is 0 Å². The Kier molecular flexibility index (Phi) is 7.28. The Bertz CT molecular complexity index is 764. The van der Waals surface area contributed by atoms with Crippen LogP contribution in [0, 0.1) is 0 Å². The van der Waals surface area contributed by atoms with E-state index in [1.165, 1.54) is 0 Å². The van der Waals surface area contributed by atoms with Crippen LogP contribution < -0.4 is 15.4 Å². The van der Waals surface area contributed by atoms with Crippen LogP contribution in [-0.2, 0) is 0 Å². The molecule has 0 radical (unpaired) electrons. The zero-order chi connectivity index (χ0) is 19.8. The number of para-hydroxylation sites is 1. The maximum absolute atomic E-state index is 12.3. The van der Waals surface area contributed by atoms with Crippen molar-refractivity contribution in [1.82, 2.24) is 10.2 Å². The van der Waals surface area contributed by atoms with Gasteiger partial charge in [0.05, 0.1) is 18.9 Å². The molecule has 1 heterocycles. The van der Waals surface area contributed by atoms with Gasteiger partial charge in [-0.2, -0.15) is 0 Å². The maximum atomic E-state index is 12.3. The van der Waals surface area contributed by atoms with Gasteiger partial charge in [0.25, 0.3) is 0 Å². The largest absolute Gasteiger partial charge is 0.497 e. The molecule has 0 spiro atoms. The molecule has 1 aliphatic rings. The fourth-order valence-electron chi connectivity index (χ4n) is 3.52. The van der Waals surface area contributed by atoms with E-state index in [0.29, 0.717) is 6.54 Å². The molecule has 3 rings (SSSR count). The number of nitrogens with zero attached hydrogens (tertiary/aromatic N) is 1. The summed E-state index contributed by atoms with van der Waals surface area (Å²) in [5, 5.41) is 15.6. The first-order valence-electron chi connectivity index (χ1n) is 9.84. The monoisotopic (exact) mass is 383 g/mol. The molecule has 1 aliphatic heterocycles. The molecule has 0 aliphatic carbocycles. The Morgan fingerprint density at radius 2 is 2.00 bits per heavy atom. The summed E-state index contributed by atoms with van der Waals surface area (Å²) in [5.74, 6) is 0.799. The third-order valence-electron chi connectivity index (χ3n) is 4.99. The van der Waals surface area contributed by atoms with Crippen LogP contribution in [0.25, 0.3) is 11.1 Å². The van der Waals surface area contributed by atoms with Crippen LogP contribution >= 0.6 is 0 Å². The van der Waals surface area contributed by atoms with Crippen LogP contribution in [0.2, 0.25) is 0 Å². The average Bonchev–Trinajstić information content (AvgIpc) is 2.72. The summed E-state index contributed by atoms with van der Waals surface area (Å²) < 4.78 is 5.21. The van der Waals surface area contributed by atoms with Crippen LogP contribution in [0.1, 0.15) is 19.3 Å². The molecular weight excluding hydrogens is 354 g/mol. The molecule has 6 nitrogen and oxygen atoms in total. The molecule has 0 saturated carbocycles. The third-order valence-corrected chi connectivity index (χ3v) is 4.99. The second kappa shape index (κ2) is 10.1. The molecule has 6 heteroatoms.